The molecule has 0 heterocycles. The molecule has 0 aromatic heterocycles. The Labute approximate surface area is 198 Å². The first-order chi connectivity index (χ1) is 15.6. The predicted molar refractivity (Wildman–Crippen MR) is 128 cm³/mol. The van der Waals surface area contributed by atoms with Crippen LogP contribution in [0.4, 0.5) is 11.4 Å². The first kappa shape index (κ1) is 24.3. The minimum atomic E-state index is -4.10. The van der Waals surface area contributed by atoms with Crippen molar-refractivity contribution >= 4 is 44.9 Å². The molecule has 1 N–H and O–H groups in total. The van der Waals surface area contributed by atoms with E-state index < -0.39 is 28.4 Å². The van der Waals surface area contributed by atoms with Crippen molar-refractivity contribution in [3.63, 3.8) is 0 Å². The first-order valence-electron chi connectivity index (χ1n) is 9.96. The highest BCUT2D eigenvalue weighted by Gasteiger charge is 2.29. The Balaban J connectivity index is 1.96. The number of nitrogens with zero attached hydrogens (tertiary/aromatic N) is 1. The lowest BCUT2D eigenvalue weighted by atomic mass is 10.1. The molecule has 0 atom stereocenters. The van der Waals surface area contributed by atoms with Crippen LogP contribution in [-0.4, -0.2) is 33.9 Å². The van der Waals surface area contributed by atoms with Crippen LogP contribution in [0.3, 0.4) is 0 Å². The van der Waals surface area contributed by atoms with Gasteiger partial charge < -0.3 is 10.1 Å². The molecule has 3 aromatic rings. The van der Waals surface area contributed by atoms with Crippen molar-refractivity contribution in [3.8, 4) is 0 Å². The molecule has 1 amide bonds. The topological polar surface area (TPSA) is 92.8 Å². The van der Waals surface area contributed by atoms with E-state index in [1.165, 1.54) is 31.4 Å². The van der Waals surface area contributed by atoms with E-state index in [4.69, 9.17) is 16.3 Å². The van der Waals surface area contributed by atoms with Crippen molar-refractivity contribution in [3.05, 3.63) is 88.4 Å². The van der Waals surface area contributed by atoms with Crippen molar-refractivity contribution in [2.45, 2.75) is 18.7 Å². The number of anilines is 2. The molecule has 0 radical (unpaired) electrons. The van der Waals surface area contributed by atoms with Crippen molar-refractivity contribution in [1.82, 2.24) is 0 Å². The van der Waals surface area contributed by atoms with E-state index in [1.54, 1.807) is 49.4 Å². The summed E-state index contributed by atoms with van der Waals surface area (Å²) in [6.07, 6.45) is 0. The fourth-order valence-electron chi connectivity index (χ4n) is 3.11. The predicted octanol–water partition coefficient (Wildman–Crippen LogP) is 4.58. The van der Waals surface area contributed by atoms with E-state index in [-0.39, 0.29) is 21.2 Å². The normalized spacial score (nSPS) is 11.0. The molecule has 0 saturated carbocycles. The number of ether oxygens (including phenoxy) is 1. The summed E-state index contributed by atoms with van der Waals surface area (Å²) < 4.78 is 32.6. The molecule has 0 fully saturated rings. The van der Waals surface area contributed by atoms with Gasteiger partial charge in [-0.05, 0) is 55.8 Å². The van der Waals surface area contributed by atoms with Crippen LogP contribution in [0.25, 0.3) is 0 Å². The Morgan fingerprint density at radius 3 is 2.30 bits per heavy atom. The van der Waals surface area contributed by atoms with E-state index in [1.807, 2.05) is 6.92 Å². The number of sulfonamides is 1. The molecule has 0 saturated heterocycles. The summed E-state index contributed by atoms with van der Waals surface area (Å²) in [5.41, 5.74) is 2.40. The molecule has 0 aliphatic carbocycles. The maximum Gasteiger partial charge on any atom is 0.337 e. The van der Waals surface area contributed by atoms with E-state index >= 15 is 0 Å². The summed E-state index contributed by atoms with van der Waals surface area (Å²) in [6, 6.07) is 17.4. The van der Waals surface area contributed by atoms with Gasteiger partial charge in [-0.15, -0.1) is 0 Å². The van der Waals surface area contributed by atoms with Crippen LogP contribution < -0.4 is 9.62 Å². The Kier molecular flexibility index (Phi) is 7.40. The molecular weight excluding hydrogens is 464 g/mol. The number of carbonyl (C=O) groups is 2. The number of benzene rings is 3. The van der Waals surface area contributed by atoms with Gasteiger partial charge in [0.2, 0.25) is 5.91 Å². The van der Waals surface area contributed by atoms with Gasteiger partial charge in [0.25, 0.3) is 10.0 Å². The van der Waals surface area contributed by atoms with Gasteiger partial charge in [0.15, 0.2) is 0 Å². The Morgan fingerprint density at radius 1 is 1.00 bits per heavy atom. The fraction of sp³-hybridized carbons (Fsp3) is 0.167. The molecule has 172 valence electrons. The minimum absolute atomic E-state index is 0.0321. The highest BCUT2D eigenvalue weighted by Crippen LogP contribution is 2.30. The molecular formula is C24H23ClN2O5S. The number of hydrogen-bond acceptors (Lipinski definition) is 5. The van der Waals surface area contributed by atoms with Gasteiger partial charge in [-0.3, -0.25) is 9.10 Å². The van der Waals surface area contributed by atoms with E-state index in [0.29, 0.717) is 11.3 Å². The standard InChI is InChI=1S/C24H23ClN2O5S/c1-16-8-12-19(13-9-16)33(30,31)27(22-7-5-4-6-20(22)25)15-23(28)26-21-14-18(24(29)32-3)11-10-17(21)2/h4-14H,15H2,1-3H3,(H,26,28). The highest BCUT2D eigenvalue weighted by molar-refractivity contribution is 7.92. The Morgan fingerprint density at radius 2 is 1.67 bits per heavy atom. The molecule has 0 aliphatic heterocycles. The number of rotatable bonds is 7. The third kappa shape index (κ3) is 5.53. The Hall–Kier alpha value is -3.36. The van der Waals surface area contributed by atoms with E-state index in [9.17, 15) is 18.0 Å². The number of para-hydroxylation sites is 1. The summed E-state index contributed by atoms with van der Waals surface area (Å²) in [5.74, 6) is -1.15. The van der Waals surface area contributed by atoms with Crippen LogP contribution in [0.1, 0.15) is 21.5 Å². The lowest BCUT2D eigenvalue weighted by Crippen LogP contribution is -2.38. The second-order valence-corrected chi connectivity index (χ2v) is 9.62. The third-order valence-corrected chi connectivity index (χ3v) is 7.04. The number of hydrogen-bond donors (Lipinski definition) is 1. The van der Waals surface area contributed by atoms with Gasteiger partial charge >= 0.3 is 5.97 Å². The van der Waals surface area contributed by atoms with Gasteiger partial charge in [-0.1, -0.05) is 47.5 Å². The maximum atomic E-state index is 13.5. The number of aryl methyl sites for hydroxylation is 2. The monoisotopic (exact) mass is 486 g/mol. The van der Waals surface area contributed by atoms with Crippen molar-refractivity contribution in [1.29, 1.82) is 0 Å². The van der Waals surface area contributed by atoms with Crippen LogP contribution in [-0.2, 0) is 19.6 Å². The fourth-order valence-corrected chi connectivity index (χ4v) is 4.84. The minimum Gasteiger partial charge on any atom is -0.465 e. The molecule has 0 spiro atoms. The number of esters is 1. The molecule has 3 rings (SSSR count). The van der Waals surface area contributed by atoms with Crippen LogP contribution in [0, 0.1) is 13.8 Å². The zero-order chi connectivity index (χ0) is 24.2. The van der Waals surface area contributed by atoms with Crippen LogP contribution in [0.5, 0.6) is 0 Å². The lowest BCUT2D eigenvalue weighted by Gasteiger charge is -2.25. The summed E-state index contributed by atoms with van der Waals surface area (Å²) in [4.78, 5) is 24.8. The van der Waals surface area contributed by atoms with Crippen LogP contribution in [0.15, 0.2) is 71.6 Å². The van der Waals surface area contributed by atoms with Crippen molar-refractivity contribution < 1.29 is 22.7 Å². The van der Waals surface area contributed by atoms with Crippen LogP contribution >= 0.6 is 11.6 Å². The second kappa shape index (κ2) is 10.1. The zero-order valence-corrected chi connectivity index (χ0v) is 19.9. The van der Waals surface area contributed by atoms with Crippen molar-refractivity contribution in [2.24, 2.45) is 0 Å². The van der Waals surface area contributed by atoms with E-state index in [2.05, 4.69) is 5.32 Å². The Bertz CT molecular complexity index is 1290. The van der Waals surface area contributed by atoms with E-state index in [0.717, 1.165) is 9.87 Å². The summed E-state index contributed by atoms with van der Waals surface area (Å²) in [7, 11) is -2.84. The molecule has 0 unspecified atom stereocenters. The molecule has 9 heteroatoms. The molecule has 3 aromatic carbocycles. The quantitative estimate of drug-likeness (QED) is 0.493. The molecule has 0 aliphatic rings. The largest absolute Gasteiger partial charge is 0.465 e. The highest BCUT2D eigenvalue weighted by atomic mass is 35.5. The zero-order valence-electron chi connectivity index (χ0n) is 18.3. The average molecular weight is 487 g/mol. The van der Waals surface area contributed by atoms with Gasteiger partial charge in [-0.25, -0.2) is 13.2 Å². The van der Waals surface area contributed by atoms with Crippen molar-refractivity contribution in [2.75, 3.05) is 23.3 Å². The lowest BCUT2D eigenvalue weighted by molar-refractivity contribution is -0.114. The number of nitrogens with one attached hydrogen (secondary N) is 1. The molecule has 33 heavy (non-hydrogen) atoms. The van der Waals surface area contributed by atoms with Gasteiger partial charge in [0, 0.05) is 5.69 Å². The van der Waals surface area contributed by atoms with Gasteiger partial charge in [0.05, 0.1) is 28.3 Å². The van der Waals surface area contributed by atoms with Gasteiger partial charge in [-0.2, -0.15) is 0 Å². The smallest absolute Gasteiger partial charge is 0.337 e. The molecule has 7 nitrogen and oxygen atoms in total. The first-order valence-corrected chi connectivity index (χ1v) is 11.8. The average Bonchev–Trinajstić information content (AvgIpc) is 2.79. The number of amides is 1. The number of halogens is 1. The van der Waals surface area contributed by atoms with Crippen LogP contribution in [0.2, 0.25) is 5.02 Å². The summed E-state index contributed by atoms with van der Waals surface area (Å²) in [6.45, 7) is 3.08. The summed E-state index contributed by atoms with van der Waals surface area (Å²) >= 11 is 6.29. The molecule has 0 bridgehead atoms. The number of carbonyl (C=O) groups excluding carboxylic acids is 2. The third-order valence-electron chi connectivity index (χ3n) is 4.95. The second-order valence-electron chi connectivity index (χ2n) is 7.35. The van der Waals surface area contributed by atoms with Gasteiger partial charge in [0.1, 0.15) is 6.54 Å². The maximum absolute atomic E-state index is 13.5. The summed E-state index contributed by atoms with van der Waals surface area (Å²) in [5, 5.41) is 2.87. The number of methoxy groups -OCH3 is 1. The SMILES string of the molecule is COC(=O)c1ccc(C)c(NC(=O)CN(c2ccccc2Cl)S(=O)(=O)c2ccc(C)cc2)c1.